The monoisotopic (exact) mass is 429 g/mol. The van der Waals surface area contributed by atoms with E-state index in [1.54, 1.807) is 0 Å². The number of ether oxygens (including phenoxy) is 5. The lowest BCUT2D eigenvalue weighted by Gasteiger charge is -2.08. The minimum atomic E-state index is -3.88. The zero-order chi connectivity index (χ0) is 20.9. The van der Waals surface area contributed by atoms with Gasteiger partial charge in [-0.25, -0.2) is 4.79 Å². The highest BCUT2D eigenvalue weighted by Gasteiger charge is 2.02. The average Bonchev–Trinajstić information content (AvgIpc) is 2.65. The van der Waals surface area contributed by atoms with Crippen molar-refractivity contribution < 1.29 is 46.2 Å². The van der Waals surface area contributed by atoms with Crippen molar-refractivity contribution in [3.05, 3.63) is 0 Å². The van der Waals surface area contributed by atoms with E-state index in [2.05, 4.69) is 10.1 Å². The fourth-order valence-corrected chi connectivity index (χ4v) is 2.29. The quantitative estimate of drug-likeness (QED) is 0.0765. The molecule has 0 atom stereocenters. The van der Waals surface area contributed by atoms with Crippen LogP contribution in [0.3, 0.4) is 0 Å². The Morgan fingerprint density at radius 2 is 1.32 bits per heavy atom. The summed E-state index contributed by atoms with van der Waals surface area (Å²) >= 11 is 0. The van der Waals surface area contributed by atoms with Gasteiger partial charge in [-0.2, -0.15) is 8.42 Å². The molecule has 0 radical (unpaired) electrons. The van der Waals surface area contributed by atoms with Crippen LogP contribution >= 0.6 is 0 Å². The van der Waals surface area contributed by atoms with Crippen LogP contribution in [-0.2, 0) is 43.4 Å². The van der Waals surface area contributed by atoms with Crippen LogP contribution in [0.1, 0.15) is 12.8 Å². The second-order valence-electron chi connectivity index (χ2n) is 5.48. The van der Waals surface area contributed by atoms with E-state index >= 15 is 0 Å². The average molecular weight is 429 g/mol. The number of nitrogens with one attached hydrogen (secondary N) is 1. The molecule has 0 spiro atoms. The van der Waals surface area contributed by atoms with Crippen LogP contribution in [-0.4, -0.2) is 104 Å². The zero-order valence-corrected chi connectivity index (χ0v) is 16.8. The second-order valence-corrected chi connectivity index (χ2v) is 7.05. The first kappa shape index (κ1) is 26.9. The topological polar surface area (TPSA) is 147 Å². The Morgan fingerprint density at radius 3 is 1.86 bits per heavy atom. The lowest BCUT2D eigenvalue weighted by Crippen LogP contribution is -2.23. The molecule has 0 rings (SSSR count). The molecule has 0 amide bonds. The predicted molar refractivity (Wildman–Crippen MR) is 98.8 cm³/mol. The van der Waals surface area contributed by atoms with Crippen LogP contribution in [0.25, 0.3) is 0 Å². The summed E-state index contributed by atoms with van der Waals surface area (Å²) in [6.45, 7) is 4.76. The van der Waals surface area contributed by atoms with Crippen LogP contribution in [0.15, 0.2) is 0 Å². The molecule has 0 bridgehead atoms. The molecule has 12 heteroatoms. The van der Waals surface area contributed by atoms with E-state index in [1.807, 2.05) is 0 Å². The van der Waals surface area contributed by atoms with Crippen molar-refractivity contribution in [2.75, 3.05) is 78.3 Å². The van der Waals surface area contributed by atoms with Gasteiger partial charge in [0, 0.05) is 19.6 Å². The largest absolute Gasteiger partial charge is 0.460 e. The smallest absolute Gasteiger partial charge is 0.371 e. The van der Waals surface area contributed by atoms with Crippen molar-refractivity contribution in [2.45, 2.75) is 12.8 Å². The lowest BCUT2D eigenvalue weighted by atomic mass is 10.5. The molecular formula is C16H31NO10S. The summed E-state index contributed by atoms with van der Waals surface area (Å²) < 4.78 is 55.3. The van der Waals surface area contributed by atoms with Crippen molar-refractivity contribution in [1.29, 1.82) is 0 Å². The van der Waals surface area contributed by atoms with E-state index in [9.17, 15) is 18.0 Å². The van der Waals surface area contributed by atoms with E-state index in [0.717, 1.165) is 0 Å². The number of esters is 1. The van der Waals surface area contributed by atoms with Crippen LogP contribution in [0.2, 0.25) is 0 Å². The van der Waals surface area contributed by atoms with Gasteiger partial charge < -0.3 is 29.0 Å². The van der Waals surface area contributed by atoms with Crippen LogP contribution in [0.5, 0.6) is 0 Å². The lowest BCUT2D eigenvalue weighted by molar-refractivity contribution is -0.149. The van der Waals surface area contributed by atoms with E-state index in [0.29, 0.717) is 78.8 Å². The first-order valence-corrected chi connectivity index (χ1v) is 10.7. The summed E-state index contributed by atoms with van der Waals surface area (Å²) in [5.41, 5.74) is 0. The molecule has 2 N–H and O–H groups in total. The van der Waals surface area contributed by atoms with Crippen LogP contribution in [0, 0.1) is 0 Å². The number of aldehydes is 1. The summed E-state index contributed by atoms with van der Waals surface area (Å²) in [5, 5.41) is 3.00. The van der Waals surface area contributed by atoms with Gasteiger partial charge in [0.1, 0.15) is 0 Å². The van der Waals surface area contributed by atoms with Gasteiger partial charge in [-0.3, -0.25) is 9.35 Å². The zero-order valence-electron chi connectivity index (χ0n) is 16.0. The van der Waals surface area contributed by atoms with E-state index in [-0.39, 0.29) is 18.6 Å². The normalized spacial score (nSPS) is 11.5. The maximum Gasteiger partial charge on any atom is 0.371 e. The molecule has 0 aromatic rings. The Morgan fingerprint density at radius 1 is 0.786 bits per heavy atom. The molecule has 0 aliphatic carbocycles. The maximum absolute atomic E-state index is 10.5. The number of hydrogen-bond donors (Lipinski definition) is 2. The number of carbonyl (C=O) groups excluding carboxylic acids is 2. The van der Waals surface area contributed by atoms with Crippen molar-refractivity contribution in [3.63, 3.8) is 0 Å². The predicted octanol–water partition coefficient (Wildman–Crippen LogP) is -0.947. The molecule has 0 heterocycles. The second kappa shape index (κ2) is 19.2. The minimum absolute atomic E-state index is 0.125. The highest BCUT2D eigenvalue weighted by Crippen LogP contribution is 1.88. The summed E-state index contributed by atoms with van der Waals surface area (Å²) in [6, 6.07) is 0. The molecular weight excluding hydrogens is 398 g/mol. The molecule has 28 heavy (non-hydrogen) atoms. The Kier molecular flexibility index (Phi) is 18.4. The Bertz CT molecular complexity index is 486. The van der Waals surface area contributed by atoms with Gasteiger partial charge in [-0.05, 0) is 13.0 Å². The van der Waals surface area contributed by atoms with E-state index in [4.69, 9.17) is 23.5 Å². The van der Waals surface area contributed by atoms with Crippen LogP contribution in [0.4, 0.5) is 0 Å². The third-order valence-electron chi connectivity index (χ3n) is 3.07. The number of hydrogen-bond acceptors (Lipinski definition) is 10. The molecule has 0 saturated carbocycles. The summed E-state index contributed by atoms with van der Waals surface area (Å²) in [7, 11) is -3.88. The van der Waals surface area contributed by atoms with E-state index < -0.39 is 16.1 Å². The van der Waals surface area contributed by atoms with Gasteiger partial charge in [-0.1, -0.05) is 0 Å². The first-order valence-electron chi connectivity index (χ1n) is 9.04. The van der Waals surface area contributed by atoms with Gasteiger partial charge >= 0.3 is 5.97 Å². The summed E-state index contributed by atoms with van der Waals surface area (Å²) in [6.07, 6.45) is 0.993. The van der Waals surface area contributed by atoms with Crippen molar-refractivity contribution in [3.8, 4) is 0 Å². The maximum atomic E-state index is 10.5. The van der Waals surface area contributed by atoms with Gasteiger partial charge in [0.25, 0.3) is 10.1 Å². The van der Waals surface area contributed by atoms with Gasteiger partial charge in [-0.15, -0.1) is 0 Å². The highest BCUT2D eigenvalue weighted by molar-refractivity contribution is 7.85. The van der Waals surface area contributed by atoms with Crippen molar-refractivity contribution >= 4 is 22.4 Å². The van der Waals surface area contributed by atoms with Gasteiger partial charge in [0.2, 0.25) is 6.29 Å². The summed E-state index contributed by atoms with van der Waals surface area (Å²) in [4.78, 5) is 20.5. The molecule has 0 aliphatic rings. The number of carbonyl (C=O) groups is 2. The summed E-state index contributed by atoms with van der Waals surface area (Å²) in [5.74, 6) is -1.12. The Balaban J connectivity index is 3.08. The van der Waals surface area contributed by atoms with Gasteiger partial charge in [0.05, 0.1) is 58.6 Å². The third-order valence-corrected chi connectivity index (χ3v) is 3.87. The molecule has 0 aromatic carbocycles. The molecule has 0 aliphatic heterocycles. The SMILES string of the molecule is O=CC(=O)OCCCOCCOCCOCCOCCNCCCS(=O)(=O)O. The molecule has 11 nitrogen and oxygen atoms in total. The fraction of sp³-hybridized carbons (Fsp3) is 0.875. The first-order chi connectivity index (χ1) is 13.5. The standard InChI is InChI=1S/C16H31NO10S/c18-15-16(19)27-6-2-5-23-8-10-25-12-13-26-11-9-24-7-4-17-3-1-14-28(20,21)22/h15,17H,1-14H2,(H,20,21,22). The fourth-order valence-electron chi connectivity index (χ4n) is 1.78. The van der Waals surface area contributed by atoms with E-state index in [1.165, 1.54) is 0 Å². The van der Waals surface area contributed by atoms with Crippen molar-refractivity contribution in [2.24, 2.45) is 0 Å². The molecule has 0 fully saturated rings. The molecule has 0 unspecified atom stereocenters. The molecule has 0 saturated heterocycles. The minimum Gasteiger partial charge on any atom is -0.460 e. The van der Waals surface area contributed by atoms with Crippen molar-refractivity contribution in [1.82, 2.24) is 5.32 Å². The molecule has 0 aromatic heterocycles. The van der Waals surface area contributed by atoms with Gasteiger partial charge in [0.15, 0.2) is 0 Å². The van der Waals surface area contributed by atoms with Crippen LogP contribution < -0.4 is 5.32 Å². The molecule has 166 valence electrons. The Hall–Kier alpha value is -1.15. The number of rotatable bonds is 21. The Labute approximate surface area is 165 Å². The highest BCUT2D eigenvalue weighted by atomic mass is 32.2. The third kappa shape index (κ3) is 22.9.